The minimum absolute atomic E-state index is 0.000501. The van der Waals surface area contributed by atoms with E-state index < -0.39 is 0 Å². The Morgan fingerprint density at radius 1 is 1.14 bits per heavy atom. The molecule has 0 aliphatic carbocycles. The fourth-order valence-electron chi connectivity index (χ4n) is 3.25. The molecule has 0 saturated carbocycles. The second kappa shape index (κ2) is 5.02. The van der Waals surface area contributed by atoms with E-state index in [1.807, 2.05) is 25.3 Å². The van der Waals surface area contributed by atoms with Crippen molar-refractivity contribution in [3.05, 3.63) is 70.9 Å². The number of nitrogens with one attached hydrogen (secondary N) is 1. The molecule has 1 N–H and O–H groups in total. The monoisotopic (exact) mass is 290 g/mol. The van der Waals surface area contributed by atoms with Gasteiger partial charge in [0, 0.05) is 30.5 Å². The summed E-state index contributed by atoms with van der Waals surface area (Å²) in [5.41, 5.74) is 6.64. The SMILES string of the molecule is Cc1ccc2c(c1)NC(=O)/C2=C/N1CCc2ccccc2C1. The molecule has 0 saturated heterocycles. The Bertz CT molecular complexity index is 792. The number of benzene rings is 2. The fraction of sp³-hybridized carbons (Fsp3) is 0.211. The zero-order valence-electron chi connectivity index (χ0n) is 12.6. The number of amides is 1. The fourth-order valence-corrected chi connectivity index (χ4v) is 3.25. The van der Waals surface area contributed by atoms with Crippen molar-refractivity contribution in [3.8, 4) is 0 Å². The van der Waals surface area contributed by atoms with E-state index in [2.05, 4.69) is 40.5 Å². The maximum absolute atomic E-state index is 12.3. The Kier molecular flexibility index (Phi) is 3.00. The molecule has 0 aromatic heterocycles. The maximum Gasteiger partial charge on any atom is 0.257 e. The van der Waals surface area contributed by atoms with E-state index in [0.717, 1.165) is 41.9 Å². The molecule has 0 fully saturated rings. The molecular weight excluding hydrogens is 272 g/mol. The van der Waals surface area contributed by atoms with Crippen LogP contribution in [0.3, 0.4) is 0 Å². The highest BCUT2D eigenvalue weighted by Crippen LogP contribution is 2.33. The summed E-state index contributed by atoms with van der Waals surface area (Å²) in [5, 5.41) is 2.96. The summed E-state index contributed by atoms with van der Waals surface area (Å²) < 4.78 is 0. The first-order valence-electron chi connectivity index (χ1n) is 7.66. The third-order valence-corrected chi connectivity index (χ3v) is 4.43. The Hall–Kier alpha value is -2.55. The van der Waals surface area contributed by atoms with Gasteiger partial charge in [0.2, 0.25) is 0 Å². The van der Waals surface area contributed by atoms with Gasteiger partial charge in [-0.25, -0.2) is 0 Å². The minimum Gasteiger partial charge on any atom is -0.372 e. The molecule has 2 aromatic carbocycles. The molecule has 0 radical (unpaired) electrons. The molecule has 1 amide bonds. The third-order valence-electron chi connectivity index (χ3n) is 4.43. The highest BCUT2D eigenvalue weighted by Gasteiger charge is 2.25. The van der Waals surface area contributed by atoms with Crippen LogP contribution in [0.4, 0.5) is 5.69 Å². The standard InChI is InChI=1S/C19H18N2O/c1-13-6-7-16-17(19(22)20-18(16)10-13)12-21-9-8-14-4-2-3-5-15(14)11-21/h2-7,10,12H,8-9,11H2,1H3,(H,20,22)/b17-12+. The van der Waals surface area contributed by atoms with Crippen LogP contribution >= 0.6 is 0 Å². The van der Waals surface area contributed by atoms with E-state index in [1.54, 1.807) is 0 Å². The van der Waals surface area contributed by atoms with Gasteiger partial charge < -0.3 is 10.2 Å². The maximum atomic E-state index is 12.3. The number of hydrogen-bond acceptors (Lipinski definition) is 2. The number of hydrogen-bond donors (Lipinski definition) is 1. The molecule has 2 aliphatic heterocycles. The van der Waals surface area contributed by atoms with Crippen LogP contribution in [0.15, 0.2) is 48.7 Å². The van der Waals surface area contributed by atoms with Crippen molar-refractivity contribution in [1.82, 2.24) is 4.90 Å². The molecule has 0 unspecified atom stereocenters. The topological polar surface area (TPSA) is 32.3 Å². The van der Waals surface area contributed by atoms with Crippen molar-refractivity contribution in [2.45, 2.75) is 19.9 Å². The minimum atomic E-state index is -0.000501. The quantitative estimate of drug-likeness (QED) is 0.817. The number of aryl methyl sites for hydroxylation is 1. The van der Waals surface area contributed by atoms with E-state index in [4.69, 9.17) is 0 Å². The number of rotatable bonds is 1. The van der Waals surface area contributed by atoms with Crippen LogP contribution in [0.1, 0.15) is 22.3 Å². The van der Waals surface area contributed by atoms with Crippen LogP contribution in [-0.4, -0.2) is 17.4 Å². The predicted molar refractivity (Wildman–Crippen MR) is 88.3 cm³/mol. The number of carbonyl (C=O) groups is 1. The summed E-state index contributed by atoms with van der Waals surface area (Å²) in [4.78, 5) is 14.5. The summed E-state index contributed by atoms with van der Waals surface area (Å²) >= 11 is 0. The van der Waals surface area contributed by atoms with Crippen molar-refractivity contribution in [3.63, 3.8) is 0 Å². The largest absolute Gasteiger partial charge is 0.372 e. The van der Waals surface area contributed by atoms with Crippen molar-refractivity contribution < 1.29 is 4.79 Å². The van der Waals surface area contributed by atoms with Crippen LogP contribution in [0.25, 0.3) is 5.57 Å². The lowest BCUT2D eigenvalue weighted by molar-refractivity contribution is -0.110. The molecule has 3 heteroatoms. The molecule has 110 valence electrons. The Labute approximate surface area is 130 Å². The van der Waals surface area contributed by atoms with Crippen LogP contribution < -0.4 is 5.32 Å². The van der Waals surface area contributed by atoms with Gasteiger partial charge >= 0.3 is 0 Å². The molecule has 4 rings (SSSR count). The number of nitrogens with zero attached hydrogens (tertiary/aromatic N) is 1. The molecule has 2 aromatic rings. The average molecular weight is 290 g/mol. The highest BCUT2D eigenvalue weighted by molar-refractivity contribution is 6.31. The lowest BCUT2D eigenvalue weighted by Crippen LogP contribution is -2.26. The normalized spacial score (nSPS) is 18.1. The van der Waals surface area contributed by atoms with Crippen molar-refractivity contribution in [2.75, 3.05) is 11.9 Å². The number of anilines is 1. The van der Waals surface area contributed by atoms with Crippen LogP contribution in [0.5, 0.6) is 0 Å². The van der Waals surface area contributed by atoms with Gasteiger partial charge in [-0.2, -0.15) is 0 Å². The smallest absolute Gasteiger partial charge is 0.257 e. The highest BCUT2D eigenvalue weighted by atomic mass is 16.2. The van der Waals surface area contributed by atoms with Crippen molar-refractivity contribution >= 4 is 17.2 Å². The zero-order chi connectivity index (χ0) is 15.1. The summed E-state index contributed by atoms with van der Waals surface area (Å²) in [6.45, 7) is 3.86. The molecule has 22 heavy (non-hydrogen) atoms. The van der Waals surface area contributed by atoms with Crippen molar-refractivity contribution in [2.24, 2.45) is 0 Å². The van der Waals surface area contributed by atoms with E-state index in [9.17, 15) is 4.79 Å². The Morgan fingerprint density at radius 3 is 2.82 bits per heavy atom. The average Bonchev–Trinajstić information content (AvgIpc) is 2.82. The summed E-state index contributed by atoms with van der Waals surface area (Å²) in [6, 6.07) is 14.7. The van der Waals surface area contributed by atoms with E-state index in [1.165, 1.54) is 11.1 Å². The lowest BCUT2D eigenvalue weighted by Gasteiger charge is -2.28. The Balaban J connectivity index is 1.66. The van der Waals surface area contributed by atoms with Gasteiger partial charge in [-0.1, -0.05) is 36.4 Å². The summed E-state index contributed by atoms with van der Waals surface area (Å²) in [7, 11) is 0. The molecule has 0 atom stereocenters. The second-order valence-electron chi connectivity index (χ2n) is 6.04. The first-order chi connectivity index (χ1) is 10.7. The van der Waals surface area contributed by atoms with Gasteiger partial charge in [0.05, 0.1) is 5.57 Å². The molecule has 3 nitrogen and oxygen atoms in total. The van der Waals surface area contributed by atoms with Gasteiger partial charge in [0.15, 0.2) is 0 Å². The molecule has 0 bridgehead atoms. The molecular formula is C19H18N2O. The van der Waals surface area contributed by atoms with Gasteiger partial charge in [-0.3, -0.25) is 4.79 Å². The predicted octanol–water partition coefficient (Wildman–Crippen LogP) is 3.35. The van der Waals surface area contributed by atoms with Crippen LogP contribution in [0.2, 0.25) is 0 Å². The van der Waals surface area contributed by atoms with Gasteiger partial charge in [0.25, 0.3) is 5.91 Å². The molecule has 2 aliphatic rings. The molecule has 2 heterocycles. The first-order valence-corrected chi connectivity index (χ1v) is 7.66. The number of fused-ring (bicyclic) bond motifs is 2. The first kappa shape index (κ1) is 13.1. The van der Waals surface area contributed by atoms with Gasteiger partial charge in [0.1, 0.15) is 0 Å². The third kappa shape index (κ3) is 2.19. The van der Waals surface area contributed by atoms with Crippen LogP contribution in [0, 0.1) is 6.92 Å². The zero-order valence-corrected chi connectivity index (χ0v) is 12.6. The Morgan fingerprint density at radius 2 is 1.95 bits per heavy atom. The van der Waals surface area contributed by atoms with Gasteiger partial charge in [-0.05, 0) is 36.1 Å². The number of carbonyl (C=O) groups excluding carboxylic acids is 1. The van der Waals surface area contributed by atoms with E-state index >= 15 is 0 Å². The lowest BCUT2D eigenvalue weighted by atomic mass is 9.99. The second-order valence-corrected chi connectivity index (χ2v) is 6.04. The van der Waals surface area contributed by atoms with Crippen LogP contribution in [-0.2, 0) is 17.8 Å². The van der Waals surface area contributed by atoms with Gasteiger partial charge in [-0.15, -0.1) is 0 Å². The van der Waals surface area contributed by atoms with Crippen molar-refractivity contribution in [1.29, 1.82) is 0 Å². The molecule has 0 spiro atoms. The summed E-state index contributed by atoms with van der Waals surface area (Å²) in [5.74, 6) is -0.000501. The summed E-state index contributed by atoms with van der Waals surface area (Å²) in [6.07, 6.45) is 3.05. The van der Waals surface area contributed by atoms with E-state index in [-0.39, 0.29) is 5.91 Å². The van der Waals surface area contributed by atoms with E-state index in [0.29, 0.717) is 0 Å².